The van der Waals surface area contributed by atoms with Crippen molar-refractivity contribution in [3.8, 4) is 5.88 Å². The molecule has 108 valence electrons. The van der Waals surface area contributed by atoms with Crippen molar-refractivity contribution in [3.05, 3.63) is 16.2 Å². The number of hydrogen-bond acceptors (Lipinski definition) is 4. The third-order valence-electron chi connectivity index (χ3n) is 3.90. The van der Waals surface area contributed by atoms with Crippen LogP contribution in [0.1, 0.15) is 44.4 Å². The zero-order valence-corrected chi connectivity index (χ0v) is 13.4. The highest BCUT2D eigenvalue weighted by Gasteiger charge is 2.22. The Labute approximate surface area is 128 Å². The van der Waals surface area contributed by atoms with E-state index in [0.29, 0.717) is 5.88 Å². The summed E-state index contributed by atoms with van der Waals surface area (Å²) in [6.45, 7) is 4.43. The highest BCUT2D eigenvalue weighted by atomic mass is 35.5. The Kier molecular flexibility index (Phi) is 4.13. The largest absolute Gasteiger partial charge is 0.474 e. The number of nitrogens with zero attached hydrogens (tertiary/aromatic N) is 2. The van der Waals surface area contributed by atoms with Gasteiger partial charge in [0, 0.05) is 4.88 Å². The van der Waals surface area contributed by atoms with Gasteiger partial charge in [-0.2, -0.15) is 4.98 Å². The van der Waals surface area contributed by atoms with Crippen molar-refractivity contribution in [1.29, 1.82) is 0 Å². The highest BCUT2D eigenvalue weighted by molar-refractivity contribution is 7.18. The van der Waals surface area contributed by atoms with Gasteiger partial charge in [0.15, 0.2) is 0 Å². The molecule has 5 heteroatoms. The molecule has 0 spiro atoms. The molecule has 0 N–H and O–H groups in total. The number of aryl methyl sites for hydroxylation is 1. The average molecular weight is 311 g/mol. The molecule has 0 bridgehead atoms. The fraction of sp³-hybridized carbons (Fsp3) is 0.600. The Morgan fingerprint density at radius 1 is 1.40 bits per heavy atom. The monoisotopic (exact) mass is 310 g/mol. The van der Waals surface area contributed by atoms with E-state index in [9.17, 15) is 0 Å². The van der Waals surface area contributed by atoms with Crippen LogP contribution in [0.4, 0.5) is 0 Å². The van der Waals surface area contributed by atoms with Crippen LogP contribution in [0, 0.1) is 5.92 Å². The van der Waals surface area contributed by atoms with Crippen molar-refractivity contribution < 1.29 is 4.74 Å². The summed E-state index contributed by atoms with van der Waals surface area (Å²) < 4.78 is 6.15. The maximum absolute atomic E-state index is 6.15. The molecule has 2 atom stereocenters. The van der Waals surface area contributed by atoms with Gasteiger partial charge in [-0.05, 0) is 49.3 Å². The van der Waals surface area contributed by atoms with Crippen LogP contribution in [-0.4, -0.2) is 16.1 Å². The highest BCUT2D eigenvalue weighted by Crippen LogP contribution is 2.34. The number of aromatic nitrogens is 2. The molecule has 2 aromatic rings. The first-order chi connectivity index (χ1) is 9.65. The van der Waals surface area contributed by atoms with Crippen LogP contribution in [-0.2, 0) is 6.42 Å². The number of hydrogen-bond donors (Lipinski definition) is 0. The van der Waals surface area contributed by atoms with Crippen LogP contribution in [0.5, 0.6) is 5.88 Å². The van der Waals surface area contributed by atoms with Crippen LogP contribution in [0.3, 0.4) is 0 Å². The summed E-state index contributed by atoms with van der Waals surface area (Å²) in [4.78, 5) is 10.8. The lowest BCUT2D eigenvalue weighted by Gasteiger charge is -2.27. The first-order valence-corrected chi connectivity index (χ1v) is 8.47. The molecule has 1 saturated carbocycles. The molecule has 3 nitrogen and oxygen atoms in total. The van der Waals surface area contributed by atoms with Crippen molar-refractivity contribution in [2.75, 3.05) is 0 Å². The number of fused-ring (bicyclic) bond motifs is 1. The second-order valence-corrected chi connectivity index (χ2v) is 7.05. The summed E-state index contributed by atoms with van der Waals surface area (Å²) in [6.07, 6.45) is 6.01. The van der Waals surface area contributed by atoms with Gasteiger partial charge in [0.2, 0.25) is 11.2 Å². The van der Waals surface area contributed by atoms with Gasteiger partial charge in [-0.25, -0.2) is 4.98 Å². The molecule has 3 rings (SSSR count). The molecule has 0 aliphatic heterocycles. The molecule has 2 unspecified atom stereocenters. The van der Waals surface area contributed by atoms with Crippen LogP contribution in [0.15, 0.2) is 6.07 Å². The fourth-order valence-electron chi connectivity index (χ4n) is 2.83. The molecule has 1 aliphatic carbocycles. The van der Waals surface area contributed by atoms with Gasteiger partial charge in [0.25, 0.3) is 0 Å². The standard InChI is InChI=1S/C15H19ClN2OS/c1-3-11-8-12-13(17-15(16)18-14(12)20-11)19-10-6-4-5-9(2)7-10/h8-10H,3-7H2,1-2H3. The van der Waals surface area contributed by atoms with Crippen molar-refractivity contribution in [2.24, 2.45) is 5.92 Å². The summed E-state index contributed by atoms with van der Waals surface area (Å²) in [6, 6.07) is 2.14. The van der Waals surface area contributed by atoms with Gasteiger partial charge in [-0.15, -0.1) is 11.3 Å². The molecule has 2 aromatic heterocycles. The van der Waals surface area contributed by atoms with E-state index in [2.05, 4.69) is 29.9 Å². The van der Waals surface area contributed by atoms with Crippen molar-refractivity contribution in [2.45, 2.75) is 52.1 Å². The lowest BCUT2D eigenvalue weighted by Crippen LogP contribution is -2.24. The molecule has 0 saturated heterocycles. The Morgan fingerprint density at radius 3 is 3.00 bits per heavy atom. The first-order valence-electron chi connectivity index (χ1n) is 7.28. The van der Waals surface area contributed by atoms with Crippen molar-refractivity contribution in [1.82, 2.24) is 9.97 Å². The second kappa shape index (κ2) is 5.86. The Morgan fingerprint density at radius 2 is 2.25 bits per heavy atom. The zero-order chi connectivity index (χ0) is 14.1. The van der Waals surface area contributed by atoms with Gasteiger partial charge in [-0.3, -0.25) is 0 Å². The Bertz CT molecular complexity index is 613. The van der Waals surface area contributed by atoms with Crippen LogP contribution in [0.2, 0.25) is 5.28 Å². The summed E-state index contributed by atoms with van der Waals surface area (Å²) >= 11 is 7.70. The number of ether oxygens (including phenoxy) is 1. The minimum Gasteiger partial charge on any atom is -0.474 e. The van der Waals surface area contributed by atoms with Crippen molar-refractivity contribution >= 4 is 33.2 Å². The third kappa shape index (κ3) is 2.91. The van der Waals surface area contributed by atoms with Gasteiger partial charge >= 0.3 is 0 Å². The molecule has 0 amide bonds. The predicted molar refractivity (Wildman–Crippen MR) is 83.9 cm³/mol. The van der Waals surface area contributed by atoms with Crippen LogP contribution in [0.25, 0.3) is 10.2 Å². The van der Waals surface area contributed by atoms with E-state index in [1.165, 1.54) is 17.7 Å². The predicted octanol–water partition coefficient (Wildman–Crippen LogP) is 4.86. The third-order valence-corrected chi connectivity index (χ3v) is 5.24. The molecular weight excluding hydrogens is 292 g/mol. The number of thiophene rings is 1. The maximum atomic E-state index is 6.15. The molecule has 1 fully saturated rings. The molecule has 2 heterocycles. The summed E-state index contributed by atoms with van der Waals surface area (Å²) in [5.41, 5.74) is 0. The zero-order valence-electron chi connectivity index (χ0n) is 11.9. The number of rotatable bonds is 3. The van der Waals surface area contributed by atoms with E-state index in [4.69, 9.17) is 16.3 Å². The van der Waals surface area contributed by atoms with E-state index in [-0.39, 0.29) is 11.4 Å². The number of halogens is 1. The molecule has 1 aliphatic rings. The second-order valence-electron chi connectivity index (χ2n) is 5.59. The van der Waals surface area contributed by atoms with Gasteiger partial charge in [0.1, 0.15) is 10.9 Å². The fourth-order valence-corrected chi connectivity index (χ4v) is 4.00. The lowest BCUT2D eigenvalue weighted by molar-refractivity contribution is 0.126. The summed E-state index contributed by atoms with van der Waals surface area (Å²) in [5, 5.41) is 1.29. The quantitative estimate of drug-likeness (QED) is 0.759. The van der Waals surface area contributed by atoms with Gasteiger partial charge < -0.3 is 4.74 Å². The molecule has 0 radical (unpaired) electrons. The average Bonchev–Trinajstić information content (AvgIpc) is 2.82. The first kappa shape index (κ1) is 14.1. The Balaban J connectivity index is 1.91. The van der Waals surface area contributed by atoms with Crippen molar-refractivity contribution in [3.63, 3.8) is 0 Å². The smallest absolute Gasteiger partial charge is 0.227 e. The Hall–Kier alpha value is -0.870. The molecule has 0 aromatic carbocycles. The van der Waals surface area contributed by atoms with Gasteiger partial charge in [0.05, 0.1) is 5.39 Å². The lowest BCUT2D eigenvalue weighted by atomic mass is 9.89. The van der Waals surface area contributed by atoms with Crippen LogP contribution >= 0.6 is 22.9 Å². The van der Waals surface area contributed by atoms with Gasteiger partial charge in [-0.1, -0.05) is 20.3 Å². The topological polar surface area (TPSA) is 35.0 Å². The maximum Gasteiger partial charge on any atom is 0.227 e. The minimum absolute atomic E-state index is 0.262. The van der Waals surface area contributed by atoms with E-state index in [1.54, 1.807) is 11.3 Å². The van der Waals surface area contributed by atoms with E-state index < -0.39 is 0 Å². The summed E-state index contributed by atoms with van der Waals surface area (Å²) in [5.74, 6) is 1.39. The van der Waals surface area contributed by atoms with E-state index in [1.807, 2.05) is 0 Å². The SMILES string of the molecule is CCc1cc2c(OC3CCCC(C)C3)nc(Cl)nc2s1. The van der Waals surface area contributed by atoms with E-state index in [0.717, 1.165) is 35.4 Å². The molecular formula is C15H19ClN2OS. The molecule has 20 heavy (non-hydrogen) atoms. The van der Waals surface area contributed by atoms with E-state index >= 15 is 0 Å². The van der Waals surface area contributed by atoms with Crippen LogP contribution < -0.4 is 4.74 Å². The summed E-state index contributed by atoms with van der Waals surface area (Å²) in [7, 11) is 0. The minimum atomic E-state index is 0.262. The normalized spacial score (nSPS) is 23.1.